The number of aromatic nitrogens is 2. The second-order valence-corrected chi connectivity index (χ2v) is 7.63. The van der Waals surface area contributed by atoms with Gasteiger partial charge in [0.25, 0.3) is 0 Å². The molecule has 0 aliphatic heterocycles. The maximum Gasteiger partial charge on any atom is 0.333 e. The van der Waals surface area contributed by atoms with Gasteiger partial charge in [-0.25, -0.2) is 4.79 Å². The van der Waals surface area contributed by atoms with Gasteiger partial charge in [-0.15, -0.1) is 0 Å². The molecule has 0 unspecified atom stereocenters. The number of methoxy groups -OCH3 is 1. The molecule has 0 amide bonds. The van der Waals surface area contributed by atoms with Crippen LogP contribution in [0.3, 0.4) is 0 Å². The molecule has 0 saturated heterocycles. The van der Waals surface area contributed by atoms with E-state index >= 15 is 0 Å². The first-order chi connectivity index (χ1) is 14.1. The first-order valence-corrected chi connectivity index (χ1v) is 10.6. The first-order valence-electron chi connectivity index (χ1n) is 10.6. The fourth-order valence-corrected chi connectivity index (χ4v) is 3.79. The molecule has 1 heterocycles. The van der Waals surface area contributed by atoms with Crippen LogP contribution in [0, 0.1) is 6.92 Å². The number of unbranched alkanes of at least 4 members (excludes halogenated alkanes) is 1. The lowest BCUT2D eigenvalue weighted by Crippen LogP contribution is -2.25. The molecule has 4 nitrogen and oxygen atoms in total. The largest absolute Gasteiger partial charge is 0.497 e. The number of hydrogen-bond acceptors (Lipinski definition) is 2. The van der Waals surface area contributed by atoms with Crippen molar-refractivity contribution in [3.8, 4) is 11.4 Å². The third kappa shape index (κ3) is 4.64. The Morgan fingerprint density at radius 3 is 2.14 bits per heavy atom. The molecule has 0 radical (unpaired) electrons. The smallest absolute Gasteiger partial charge is 0.333 e. The van der Waals surface area contributed by atoms with Gasteiger partial charge in [0.05, 0.1) is 19.3 Å². The highest BCUT2D eigenvalue weighted by Gasteiger charge is 2.20. The molecule has 0 N–H and O–H groups in total. The highest BCUT2D eigenvalue weighted by atomic mass is 16.5. The Bertz CT molecular complexity index is 979. The van der Waals surface area contributed by atoms with Crippen molar-refractivity contribution < 1.29 is 4.74 Å². The summed E-state index contributed by atoms with van der Waals surface area (Å²) >= 11 is 0. The van der Waals surface area contributed by atoms with Crippen molar-refractivity contribution in [3.05, 3.63) is 81.5 Å². The van der Waals surface area contributed by atoms with E-state index < -0.39 is 0 Å². The van der Waals surface area contributed by atoms with E-state index in [2.05, 4.69) is 45.0 Å². The summed E-state index contributed by atoms with van der Waals surface area (Å²) in [5.74, 6) is 0.829. The molecule has 0 fully saturated rings. The van der Waals surface area contributed by atoms with E-state index in [0.29, 0.717) is 6.54 Å². The normalized spacial score (nSPS) is 11.0. The molecule has 0 aliphatic rings. The number of aryl methyl sites for hydroxylation is 1. The highest BCUT2D eigenvalue weighted by Crippen LogP contribution is 2.21. The molecule has 29 heavy (non-hydrogen) atoms. The van der Waals surface area contributed by atoms with Crippen molar-refractivity contribution >= 4 is 0 Å². The summed E-state index contributed by atoms with van der Waals surface area (Å²) in [4.78, 5) is 13.6. The van der Waals surface area contributed by atoms with E-state index in [1.807, 2.05) is 33.4 Å². The third-order valence-electron chi connectivity index (χ3n) is 5.40. The van der Waals surface area contributed by atoms with Crippen LogP contribution in [0.2, 0.25) is 0 Å². The van der Waals surface area contributed by atoms with Crippen molar-refractivity contribution in [1.29, 1.82) is 0 Å². The van der Waals surface area contributed by atoms with Crippen molar-refractivity contribution in [1.82, 2.24) is 9.13 Å². The third-order valence-corrected chi connectivity index (χ3v) is 5.40. The van der Waals surface area contributed by atoms with Gasteiger partial charge in [0.2, 0.25) is 0 Å². The first kappa shape index (κ1) is 21.0. The molecular formula is C25H32N2O2. The minimum atomic E-state index is 0.0548. The summed E-state index contributed by atoms with van der Waals surface area (Å²) in [7, 11) is 1.67. The molecule has 0 bridgehead atoms. The van der Waals surface area contributed by atoms with Gasteiger partial charge < -0.3 is 4.74 Å². The lowest BCUT2D eigenvalue weighted by molar-refractivity contribution is 0.414. The Balaban J connectivity index is 2.12. The molecular weight excluding hydrogens is 360 g/mol. The summed E-state index contributed by atoms with van der Waals surface area (Å²) < 4.78 is 9.17. The van der Waals surface area contributed by atoms with Crippen LogP contribution < -0.4 is 10.4 Å². The zero-order valence-corrected chi connectivity index (χ0v) is 18.1. The van der Waals surface area contributed by atoms with Gasteiger partial charge in [-0.05, 0) is 56.0 Å². The second-order valence-electron chi connectivity index (χ2n) is 7.63. The monoisotopic (exact) mass is 392 g/mol. The van der Waals surface area contributed by atoms with Crippen molar-refractivity contribution in [2.45, 2.75) is 59.4 Å². The molecule has 0 aliphatic carbocycles. The van der Waals surface area contributed by atoms with E-state index in [0.717, 1.165) is 54.8 Å². The summed E-state index contributed by atoms with van der Waals surface area (Å²) in [6.07, 6.45) is 5.03. The lowest BCUT2D eigenvalue weighted by Gasteiger charge is -2.11. The van der Waals surface area contributed by atoms with Gasteiger partial charge in [-0.2, -0.15) is 0 Å². The zero-order chi connectivity index (χ0) is 20.8. The van der Waals surface area contributed by atoms with Gasteiger partial charge in [0.15, 0.2) is 0 Å². The predicted octanol–water partition coefficient (Wildman–Crippen LogP) is 5.30. The average Bonchev–Trinajstić information content (AvgIpc) is 2.99. The number of nitrogens with zero attached hydrogens (tertiary/aromatic N) is 2. The van der Waals surface area contributed by atoms with Crippen LogP contribution in [0.5, 0.6) is 5.75 Å². The van der Waals surface area contributed by atoms with Gasteiger partial charge >= 0.3 is 5.69 Å². The predicted molar refractivity (Wildman–Crippen MR) is 119 cm³/mol. The van der Waals surface area contributed by atoms with Crippen molar-refractivity contribution in [2.24, 2.45) is 0 Å². The van der Waals surface area contributed by atoms with Crippen LogP contribution in [-0.2, 0) is 19.4 Å². The van der Waals surface area contributed by atoms with Crippen LogP contribution in [-0.4, -0.2) is 16.2 Å². The number of ether oxygens (including phenoxy) is 1. The Morgan fingerprint density at radius 2 is 1.55 bits per heavy atom. The maximum atomic E-state index is 13.6. The molecule has 1 aromatic heterocycles. The van der Waals surface area contributed by atoms with E-state index in [9.17, 15) is 4.79 Å². The average molecular weight is 393 g/mol. The molecule has 0 spiro atoms. The van der Waals surface area contributed by atoms with E-state index in [4.69, 9.17) is 4.74 Å². The Morgan fingerprint density at radius 1 is 0.862 bits per heavy atom. The van der Waals surface area contributed by atoms with Crippen LogP contribution in [0.1, 0.15) is 55.6 Å². The SMILES string of the molecule is CCCCc1c(CCC)n(Cc2ccc(OC)cc2)c(=O)n1-c1ccc(C)cc1. The van der Waals surface area contributed by atoms with Crippen LogP contribution in [0.15, 0.2) is 53.3 Å². The van der Waals surface area contributed by atoms with Crippen LogP contribution in [0.4, 0.5) is 0 Å². The van der Waals surface area contributed by atoms with Gasteiger partial charge in [-0.3, -0.25) is 9.13 Å². The van der Waals surface area contributed by atoms with E-state index in [1.54, 1.807) is 7.11 Å². The van der Waals surface area contributed by atoms with Crippen LogP contribution >= 0.6 is 0 Å². The molecule has 4 heteroatoms. The summed E-state index contributed by atoms with van der Waals surface area (Å²) in [6.45, 7) is 7.02. The molecule has 3 rings (SSSR count). The fourth-order valence-electron chi connectivity index (χ4n) is 3.79. The fraction of sp³-hybridized carbons (Fsp3) is 0.400. The molecule has 3 aromatic rings. The topological polar surface area (TPSA) is 36.2 Å². The standard InChI is InChI=1S/C25H32N2O2/c1-5-7-9-24-23(8-6-2)26(18-20-12-16-22(29-4)17-13-20)25(28)27(24)21-14-10-19(3)11-15-21/h10-17H,5-9,18H2,1-4H3. The summed E-state index contributed by atoms with van der Waals surface area (Å²) in [6, 6.07) is 16.2. The number of imidazole rings is 1. The lowest BCUT2D eigenvalue weighted by atomic mass is 10.1. The number of benzene rings is 2. The van der Waals surface area contributed by atoms with E-state index in [1.165, 1.54) is 11.3 Å². The molecule has 0 saturated carbocycles. The van der Waals surface area contributed by atoms with E-state index in [-0.39, 0.29) is 5.69 Å². The summed E-state index contributed by atoms with van der Waals surface area (Å²) in [5, 5.41) is 0. The number of rotatable bonds is 9. The Hall–Kier alpha value is -2.75. The van der Waals surface area contributed by atoms with Crippen molar-refractivity contribution in [2.75, 3.05) is 7.11 Å². The van der Waals surface area contributed by atoms with Gasteiger partial charge in [-0.1, -0.05) is 56.5 Å². The highest BCUT2D eigenvalue weighted by molar-refractivity contribution is 5.38. The molecule has 154 valence electrons. The van der Waals surface area contributed by atoms with Gasteiger partial charge in [0.1, 0.15) is 5.75 Å². The molecule has 0 atom stereocenters. The van der Waals surface area contributed by atoms with Crippen LogP contribution in [0.25, 0.3) is 5.69 Å². The number of hydrogen-bond donors (Lipinski definition) is 0. The van der Waals surface area contributed by atoms with Gasteiger partial charge in [0, 0.05) is 11.4 Å². The Kier molecular flexibility index (Phi) is 6.97. The minimum absolute atomic E-state index is 0.0548. The molecule has 2 aromatic carbocycles. The Labute approximate surface area is 173 Å². The quantitative estimate of drug-likeness (QED) is 0.495. The maximum absolute atomic E-state index is 13.6. The zero-order valence-electron chi connectivity index (χ0n) is 18.1. The minimum Gasteiger partial charge on any atom is -0.497 e. The summed E-state index contributed by atoms with van der Waals surface area (Å²) in [5.41, 5.74) is 5.65. The second kappa shape index (κ2) is 9.64. The van der Waals surface area contributed by atoms with Crippen molar-refractivity contribution in [3.63, 3.8) is 0 Å².